The maximum atomic E-state index is 5.40. The van der Waals surface area contributed by atoms with Crippen molar-refractivity contribution >= 4 is 0 Å². The molecule has 1 atom stereocenters. The first kappa shape index (κ1) is 13.3. The molecule has 1 N–H and O–H groups in total. The number of hydrogen-bond acceptors (Lipinski definition) is 3. The van der Waals surface area contributed by atoms with Gasteiger partial charge in [-0.1, -0.05) is 0 Å². The lowest BCUT2D eigenvalue weighted by atomic mass is 10.00. The summed E-state index contributed by atoms with van der Waals surface area (Å²) < 4.78 is 5.40. The van der Waals surface area contributed by atoms with Gasteiger partial charge in [0.25, 0.3) is 0 Å². The van der Waals surface area contributed by atoms with Gasteiger partial charge in [0.1, 0.15) is 0 Å². The topological polar surface area (TPSA) is 24.5 Å². The van der Waals surface area contributed by atoms with Gasteiger partial charge in [0.05, 0.1) is 0 Å². The number of hydrogen-bond donors (Lipinski definition) is 1. The zero-order chi connectivity index (χ0) is 12.1. The fourth-order valence-electron chi connectivity index (χ4n) is 2.71. The van der Waals surface area contributed by atoms with E-state index in [0.717, 1.165) is 37.6 Å². The van der Waals surface area contributed by atoms with E-state index in [-0.39, 0.29) is 0 Å². The molecule has 3 heteroatoms. The van der Waals surface area contributed by atoms with Crippen molar-refractivity contribution in [1.82, 2.24) is 10.2 Å². The highest BCUT2D eigenvalue weighted by atomic mass is 16.5. The predicted octanol–water partition coefficient (Wildman–Crippen LogP) is 1.73. The lowest BCUT2D eigenvalue weighted by Gasteiger charge is -2.27. The molecule has 100 valence electrons. The molecule has 1 aliphatic carbocycles. The Hall–Kier alpha value is -0.120. The molecule has 2 rings (SSSR count). The van der Waals surface area contributed by atoms with Gasteiger partial charge in [-0.2, -0.15) is 0 Å². The minimum absolute atomic E-state index is 0.728. The van der Waals surface area contributed by atoms with E-state index in [1.165, 1.54) is 38.8 Å². The minimum Gasteiger partial charge on any atom is -0.381 e. The van der Waals surface area contributed by atoms with Crippen LogP contribution >= 0.6 is 0 Å². The van der Waals surface area contributed by atoms with Crippen molar-refractivity contribution in [3.63, 3.8) is 0 Å². The SMILES string of the molecule is CC(NCCN(C)CC1CCOCC1)C1CC1. The first-order chi connectivity index (χ1) is 8.25. The molecule has 0 spiro atoms. The van der Waals surface area contributed by atoms with E-state index in [0.29, 0.717) is 0 Å². The second kappa shape index (κ2) is 6.72. The monoisotopic (exact) mass is 240 g/mol. The zero-order valence-electron chi connectivity index (χ0n) is 11.5. The van der Waals surface area contributed by atoms with E-state index in [1.807, 2.05) is 0 Å². The summed E-state index contributed by atoms with van der Waals surface area (Å²) in [6, 6.07) is 0.728. The number of nitrogens with one attached hydrogen (secondary N) is 1. The molecule has 1 heterocycles. The van der Waals surface area contributed by atoms with Gasteiger partial charge in [-0.05, 0) is 51.5 Å². The summed E-state index contributed by atoms with van der Waals surface area (Å²) in [5.41, 5.74) is 0. The van der Waals surface area contributed by atoms with Crippen molar-refractivity contribution in [2.75, 3.05) is 39.9 Å². The van der Waals surface area contributed by atoms with Gasteiger partial charge in [0.2, 0.25) is 0 Å². The Bertz CT molecular complexity index is 212. The standard InChI is InChI=1S/C14H28N2O/c1-12(14-3-4-14)15-7-8-16(2)11-13-5-9-17-10-6-13/h12-15H,3-11H2,1-2H3. The highest BCUT2D eigenvalue weighted by molar-refractivity contribution is 4.83. The van der Waals surface area contributed by atoms with Crippen LogP contribution in [-0.4, -0.2) is 50.8 Å². The molecular weight excluding hydrogens is 212 g/mol. The highest BCUT2D eigenvalue weighted by Gasteiger charge is 2.27. The maximum Gasteiger partial charge on any atom is 0.0469 e. The van der Waals surface area contributed by atoms with Crippen LogP contribution in [0.3, 0.4) is 0 Å². The van der Waals surface area contributed by atoms with Gasteiger partial charge < -0.3 is 15.0 Å². The van der Waals surface area contributed by atoms with Gasteiger partial charge in [0.15, 0.2) is 0 Å². The largest absolute Gasteiger partial charge is 0.381 e. The summed E-state index contributed by atoms with van der Waals surface area (Å²) in [6.07, 6.45) is 5.37. The fourth-order valence-corrected chi connectivity index (χ4v) is 2.71. The van der Waals surface area contributed by atoms with Crippen LogP contribution in [0.25, 0.3) is 0 Å². The van der Waals surface area contributed by atoms with Crippen LogP contribution in [0, 0.1) is 11.8 Å². The molecule has 3 nitrogen and oxygen atoms in total. The van der Waals surface area contributed by atoms with Crippen LogP contribution < -0.4 is 5.32 Å². The molecule has 1 aliphatic heterocycles. The average Bonchev–Trinajstić information content (AvgIpc) is 3.14. The van der Waals surface area contributed by atoms with E-state index in [9.17, 15) is 0 Å². The Morgan fingerprint density at radius 1 is 1.24 bits per heavy atom. The van der Waals surface area contributed by atoms with Crippen molar-refractivity contribution in [3.05, 3.63) is 0 Å². The highest BCUT2D eigenvalue weighted by Crippen LogP contribution is 2.32. The Morgan fingerprint density at radius 3 is 2.59 bits per heavy atom. The first-order valence-corrected chi connectivity index (χ1v) is 7.25. The molecule has 0 amide bonds. The molecule has 1 unspecified atom stereocenters. The molecule has 17 heavy (non-hydrogen) atoms. The number of rotatable bonds is 7. The van der Waals surface area contributed by atoms with Crippen LogP contribution in [0.4, 0.5) is 0 Å². The Labute approximate surface area is 106 Å². The molecular formula is C14H28N2O. The van der Waals surface area contributed by atoms with Crippen molar-refractivity contribution in [1.29, 1.82) is 0 Å². The smallest absolute Gasteiger partial charge is 0.0469 e. The molecule has 2 fully saturated rings. The van der Waals surface area contributed by atoms with Crippen molar-refractivity contribution in [2.45, 2.75) is 38.6 Å². The van der Waals surface area contributed by atoms with Crippen LogP contribution in [0.1, 0.15) is 32.6 Å². The number of likely N-dealkylation sites (N-methyl/N-ethyl adjacent to an activating group) is 1. The van der Waals surface area contributed by atoms with Gasteiger partial charge in [-0.3, -0.25) is 0 Å². The lowest BCUT2D eigenvalue weighted by molar-refractivity contribution is 0.0558. The molecule has 0 radical (unpaired) electrons. The number of ether oxygens (including phenoxy) is 1. The lowest BCUT2D eigenvalue weighted by Crippen LogP contribution is -2.37. The van der Waals surface area contributed by atoms with Crippen LogP contribution in [0.15, 0.2) is 0 Å². The summed E-state index contributed by atoms with van der Waals surface area (Å²) in [4.78, 5) is 2.47. The molecule has 0 aromatic carbocycles. The van der Waals surface area contributed by atoms with Crippen molar-refractivity contribution < 1.29 is 4.74 Å². The normalized spacial score (nSPS) is 24.2. The Balaban J connectivity index is 1.51. The zero-order valence-corrected chi connectivity index (χ0v) is 11.5. The maximum absolute atomic E-state index is 5.40. The van der Waals surface area contributed by atoms with Crippen LogP contribution in [-0.2, 0) is 4.74 Å². The van der Waals surface area contributed by atoms with Crippen molar-refractivity contribution in [3.8, 4) is 0 Å². The summed E-state index contributed by atoms with van der Waals surface area (Å²) in [5, 5.41) is 3.65. The van der Waals surface area contributed by atoms with Crippen LogP contribution in [0.2, 0.25) is 0 Å². The Morgan fingerprint density at radius 2 is 1.94 bits per heavy atom. The predicted molar refractivity (Wildman–Crippen MR) is 71.2 cm³/mol. The van der Waals surface area contributed by atoms with Gasteiger partial charge in [-0.15, -0.1) is 0 Å². The van der Waals surface area contributed by atoms with Crippen molar-refractivity contribution in [2.24, 2.45) is 11.8 Å². The summed E-state index contributed by atoms with van der Waals surface area (Å²) in [5.74, 6) is 1.82. The number of nitrogens with zero attached hydrogens (tertiary/aromatic N) is 1. The van der Waals surface area contributed by atoms with Gasteiger partial charge in [0, 0.05) is 38.9 Å². The quantitative estimate of drug-likeness (QED) is 0.733. The third-order valence-electron chi connectivity index (χ3n) is 4.20. The van der Waals surface area contributed by atoms with E-state index in [4.69, 9.17) is 4.74 Å². The first-order valence-electron chi connectivity index (χ1n) is 7.25. The molecule has 1 saturated carbocycles. The van der Waals surface area contributed by atoms with E-state index < -0.39 is 0 Å². The van der Waals surface area contributed by atoms with E-state index in [2.05, 4.69) is 24.2 Å². The third-order valence-corrected chi connectivity index (χ3v) is 4.20. The van der Waals surface area contributed by atoms with E-state index >= 15 is 0 Å². The second-order valence-electron chi connectivity index (χ2n) is 5.90. The summed E-state index contributed by atoms with van der Waals surface area (Å²) in [7, 11) is 2.25. The second-order valence-corrected chi connectivity index (χ2v) is 5.90. The van der Waals surface area contributed by atoms with Gasteiger partial charge >= 0.3 is 0 Å². The molecule has 2 aliphatic rings. The molecule has 0 aromatic heterocycles. The molecule has 1 saturated heterocycles. The minimum atomic E-state index is 0.728. The van der Waals surface area contributed by atoms with Gasteiger partial charge in [-0.25, -0.2) is 0 Å². The fraction of sp³-hybridized carbons (Fsp3) is 1.00. The summed E-state index contributed by atoms with van der Waals surface area (Å²) >= 11 is 0. The third kappa shape index (κ3) is 4.94. The van der Waals surface area contributed by atoms with Crippen LogP contribution in [0.5, 0.6) is 0 Å². The molecule has 0 aromatic rings. The Kier molecular flexibility index (Phi) is 5.26. The molecule has 0 bridgehead atoms. The van der Waals surface area contributed by atoms with E-state index in [1.54, 1.807) is 0 Å². The average molecular weight is 240 g/mol. The summed E-state index contributed by atoms with van der Waals surface area (Å²) in [6.45, 7) is 7.82.